The van der Waals surface area contributed by atoms with Gasteiger partial charge in [0.2, 0.25) is 0 Å². The van der Waals surface area contributed by atoms with Crippen LogP contribution >= 0.6 is 0 Å². The second kappa shape index (κ2) is 6.56. The van der Waals surface area contributed by atoms with Crippen molar-refractivity contribution in [1.29, 1.82) is 0 Å². The van der Waals surface area contributed by atoms with Crippen molar-refractivity contribution in [3.05, 3.63) is 48.4 Å². The molecule has 0 saturated heterocycles. The Morgan fingerprint density at radius 1 is 1.19 bits per heavy atom. The molecule has 2 rings (SSSR count). The van der Waals surface area contributed by atoms with Crippen molar-refractivity contribution in [3.8, 4) is 5.75 Å². The number of rotatable bonds is 6. The van der Waals surface area contributed by atoms with Crippen LogP contribution in [-0.4, -0.2) is 18.8 Å². The average Bonchev–Trinajstić information content (AvgIpc) is 2.89. The van der Waals surface area contributed by atoms with E-state index in [2.05, 4.69) is 5.32 Å². The molecule has 1 heterocycles. The van der Waals surface area contributed by atoms with Gasteiger partial charge in [0.05, 0.1) is 12.0 Å². The minimum atomic E-state index is -4.35. The molecule has 0 fully saturated rings. The Bertz CT molecular complexity index is 552. The number of halogens is 3. The number of furan rings is 1. The average molecular weight is 299 g/mol. The standard InChI is InChI=1S/C15H16F3NO2/c1-11(9-12-5-4-8-20-12)19-13-6-2-3-7-14(13)21-10-15(16,17)18/h2-8,11,19H,9-10H2,1H3. The molecule has 0 aliphatic rings. The smallest absolute Gasteiger partial charge is 0.422 e. The van der Waals surface area contributed by atoms with Gasteiger partial charge >= 0.3 is 6.18 Å². The van der Waals surface area contributed by atoms with Crippen LogP contribution in [0.5, 0.6) is 5.75 Å². The Kier molecular flexibility index (Phi) is 4.77. The minimum Gasteiger partial charge on any atom is -0.482 e. The number of hydrogen-bond donors (Lipinski definition) is 1. The van der Waals surface area contributed by atoms with E-state index in [1.54, 1.807) is 30.5 Å². The fourth-order valence-corrected chi connectivity index (χ4v) is 1.92. The predicted octanol–water partition coefficient (Wildman–Crippen LogP) is 4.26. The molecular formula is C15H16F3NO2. The van der Waals surface area contributed by atoms with Gasteiger partial charge in [-0.2, -0.15) is 13.2 Å². The molecule has 1 atom stereocenters. The number of benzene rings is 1. The van der Waals surface area contributed by atoms with Crippen LogP contribution in [0.2, 0.25) is 0 Å². The molecule has 1 aromatic carbocycles. The number of ether oxygens (including phenoxy) is 1. The largest absolute Gasteiger partial charge is 0.482 e. The van der Waals surface area contributed by atoms with Gasteiger partial charge in [-0.15, -0.1) is 0 Å². The van der Waals surface area contributed by atoms with Gasteiger partial charge in [-0.3, -0.25) is 0 Å². The van der Waals surface area contributed by atoms with Crippen LogP contribution in [0.3, 0.4) is 0 Å². The second-order valence-electron chi connectivity index (χ2n) is 4.73. The molecule has 0 aliphatic heterocycles. The van der Waals surface area contributed by atoms with Crippen molar-refractivity contribution in [1.82, 2.24) is 0 Å². The molecule has 6 heteroatoms. The highest BCUT2D eigenvalue weighted by atomic mass is 19.4. The molecule has 1 unspecified atom stereocenters. The fourth-order valence-electron chi connectivity index (χ4n) is 1.92. The van der Waals surface area contributed by atoms with E-state index in [0.717, 1.165) is 5.76 Å². The van der Waals surface area contributed by atoms with Gasteiger partial charge < -0.3 is 14.5 Å². The van der Waals surface area contributed by atoms with Crippen LogP contribution in [0.4, 0.5) is 18.9 Å². The lowest BCUT2D eigenvalue weighted by atomic mass is 10.2. The first-order valence-electron chi connectivity index (χ1n) is 6.51. The van der Waals surface area contributed by atoms with Gasteiger partial charge in [-0.25, -0.2) is 0 Å². The molecule has 0 radical (unpaired) electrons. The molecular weight excluding hydrogens is 283 g/mol. The lowest BCUT2D eigenvalue weighted by Gasteiger charge is -2.18. The number of hydrogen-bond acceptors (Lipinski definition) is 3. The van der Waals surface area contributed by atoms with Crippen LogP contribution in [0.15, 0.2) is 47.1 Å². The molecule has 2 aromatic rings. The van der Waals surface area contributed by atoms with Crippen LogP contribution in [0.25, 0.3) is 0 Å². The van der Waals surface area contributed by atoms with Gasteiger partial charge in [0, 0.05) is 12.5 Å². The molecule has 21 heavy (non-hydrogen) atoms. The van der Waals surface area contributed by atoms with E-state index < -0.39 is 12.8 Å². The Morgan fingerprint density at radius 3 is 2.62 bits per heavy atom. The van der Waals surface area contributed by atoms with Gasteiger partial charge in [0.25, 0.3) is 0 Å². The van der Waals surface area contributed by atoms with Gasteiger partial charge in [-0.1, -0.05) is 12.1 Å². The van der Waals surface area contributed by atoms with Crippen LogP contribution in [0, 0.1) is 0 Å². The molecule has 3 nitrogen and oxygen atoms in total. The van der Waals surface area contributed by atoms with Crippen LogP contribution < -0.4 is 10.1 Å². The molecule has 114 valence electrons. The highest BCUT2D eigenvalue weighted by molar-refractivity contribution is 5.56. The predicted molar refractivity (Wildman–Crippen MR) is 73.5 cm³/mol. The molecule has 0 spiro atoms. The van der Waals surface area contributed by atoms with E-state index in [-0.39, 0.29) is 11.8 Å². The molecule has 0 amide bonds. The van der Waals surface area contributed by atoms with Gasteiger partial charge in [0.15, 0.2) is 6.61 Å². The van der Waals surface area contributed by atoms with E-state index in [4.69, 9.17) is 9.15 Å². The van der Waals surface area contributed by atoms with E-state index in [1.165, 1.54) is 6.07 Å². The van der Waals surface area contributed by atoms with Crippen LogP contribution in [-0.2, 0) is 6.42 Å². The van der Waals surface area contributed by atoms with Crippen LogP contribution in [0.1, 0.15) is 12.7 Å². The lowest BCUT2D eigenvalue weighted by molar-refractivity contribution is -0.153. The zero-order chi connectivity index (χ0) is 15.3. The summed E-state index contributed by atoms with van der Waals surface area (Å²) in [6.45, 7) is 0.612. The first-order chi connectivity index (χ1) is 9.94. The molecule has 0 bridgehead atoms. The molecule has 0 saturated carbocycles. The third kappa shape index (κ3) is 5.06. The highest BCUT2D eigenvalue weighted by Crippen LogP contribution is 2.27. The zero-order valence-electron chi connectivity index (χ0n) is 11.5. The second-order valence-corrected chi connectivity index (χ2v) is 4.73. The summed E-state index contributed by atoms with van der Waals surface area (Å²) in [5.74, 6) is 0.991. The SMILES string of the molecule is CC(Cc1ccco1)Nc1ccccc1OCC(F)(F)F. The van der Waals surface area contributed by atoms with Crippen molar-refractivity contribution in [2.24, 2.45) is 0 Å². The monoisotopic (exact) mass is 299 g/mol. The number of alkyl halides is 3. The van der Waals surface area contributed by atoms with Crippen molar-refractivity contribution < 1.29 is 22.3 Å². The summed E-state index contributed by atoms with van der Waals surface area (Å²) in [5, 5.41) is 3.13. The van der Waals surface area contributed by atoms with Gasteiger partial charge in [0.1, 0.15) is 11.5 Å². The first-order valence-corrected chi connectivity index (χ1v) is 6.51. The molecule has 0 aliphatic carbocycles. The number of para-hydroxylation sites is 2. The minimum absolute atomic E-state index is 0.00760. The number of anilines is 1. The maximum Gasteiger partial charge on any atom is 0.422 e. The zero-order valence-corrected chi connectivity index (χ0v) is 11.5. The Labute approximate surface area is 120 Å². The Balaban J connectivity index is 1.99. The summed E-state index contributed by atoms with van der Waals surface area (Å²) in [4.78, 5) is 0. The van der Waals surface area contributed by atoms with E-state index >= 15 is 0 Å². The summed E-state index contributed by atoms with van der Waals surface area (Å²) in [6.07, 6.45) is -2.14. The lowest BCUT2D eigenvalue weighted by Crippen LogP contribution is -2.21. The van der Waals surface area contributed by atoms with E-state index in [0.29, 0.717) is 12.1 Å². The topological polar surface area (TPSA) is 34.4 Å². The third-order valence-electron chi connectivity index (χ3n) is 2.77. The van der Waals surface area contributed by atoms with Gasteiger partial charge in [-0.05, 0) is 31.2 Å². The molecule has 1 aromatic heterocycles. The highest BCUT2D eigenvalue weighted by Gasteiger charge is 2.28. The number of nitrogens with one attached hydrogen (secondary N) is 1. The summed E-state index contributed by atoms with van der Waals surface area (Å²) >= 11 is 0. The Morgan fingerprint density at radius 2 is 1.95 bits per heavy atom. The third-order valence-corrected chi connectivity index (χ3v) is 2.77. The summed E-state index contributed by atoms with van der Waals surface area (Å²) < 4.78 is 46.8. The quantitative estimate of drug-likeness (QED) is 0.865. The van der Waals surface area contributed by atoms with Crippen molar-refractivity contribution in [3.63, 3.8) is 0 Å². The normalized spacial score (nSPS) is 13.0. The first kappa shape index (κ1) is 15.3. The van der Waals surface area contributed by atoms with Crippen molar-refractivity contribution in [2.75, 3.05) is 11.9 Å². The van der Waals surface area contributed by atoms with E-state index in [1.807, 2.05) is 13.0 Å². The Hall–Kier alpha value is -2.11. The van der Waals surface area contributed by atoms with E-state index in [9.17, 15) is 13.2 Å². The maximum absolute atomic E-state index is 12.2. The van der Waals surface area contributed by atoms with Crippen molar-refractivity contribution in [2.45, 2.75) is 25.6 Å². The fraction of sp³-hybridized carbons (Fsp3) is 0.333. The summed E-state index contributed by atoms with van der Waals surface area (Å²) in [5.41, 5.74) is 0.529. The summed E-state index contributed by atoms with van der Waals surface area (Å²) in [6, 6.07) is 10.2. The van der Waals surface area contributed by atoms with Crippen molar-refractivity contribution >= 4 is 5.69 Å². The molecule has 1 N–H and O–H groups in total. The summed E-state index contributed by atoms with van der Waals surface area (Å²) in [7, 11) is 0. The maximum atomic E-state index is 12.2.